The van der Waals surface area contributed by atoms with Crippen molar-refractivity contribution >= 4 is 49.5 Å². The molecule has 0 aliphatic heterocycles. The fraction of sp³-hybridized carbons (Fsp3) is 0. The van der Waals surface area contributed by atoms with Gasteiger partial charge in [0.05, 0.1) is 11.6 Å². The molecule has 0 amide bonds. The summed E-state index contributed by atoms with van der Waals surface area (Å²) in [5, 5.41) is 13.3. The second-order valence-electron chi connectivity index (χ2n) is 7.67. The Morgan fingerprint density at radius 2 is 1.26 bits per heavy atom. The van der Waals surface area contributed by atoms with Crippen LogP contribution < -0.4 is 11.5 Å². The number of nitrogen functional groups attached to an aromatic ring is 2. The summed E-state index contributed by atoms with van der Waals surface area (Å²) in [7, 11) is 0. The summed E-state index contributed by atoms with van der Waals surface area (Å²) < 4.78 is 11.1. The highest BCUT2D eigenvalue weighted by Crippen LogP contribution is 2.31. The third kappa shape index (κ3) is 4.58. The van der Waals surface area contributed by atoms with E-state index in [0.29, 0.717) is 11.3 Å². The quantitative estimate of drug-likeness (QED) is 0.255. The molecule has 0 bridgehead atoms. The highest BCUT2D eigenvalue weighted by molar-refractivity contribution is 9.10. The molecule has 0 aliphatic carbocycles. The summed E-state index contributed by atoms with van der Waals surface area (Å²) >= 11 is 3.48. The van der Waals surface area contributed by atoms with E-state index in [1.165, 1.54) is 6.26 Å². The summed E-state index contributed by atoms with van der Waals surface area (Å²) in [6, 6.07) is 26.1. The van der Waals surface area contributed by atoms with Gasteiger partial charge in [-0.3, -0.25) is 0 Å². The largest absolute Gasteiger partial charge is 0.432 e. The van der Waals surface area contributed by atoms with Gasteiger partial charge in [0.15, 0.2) is 0 Å². The van der Waals surface area contributed by atoms with Crippen LogP contribution in [0.5, 0.6) is 0 Å². The van der Waals surface area contributed by atoms with Crippen molar-refractivity contribution in [1.82, 2.24) is 9.97 Å². The van der Waals surface area contributed by atoms with Crippen LogP contribution in [0.15, 0.2) is 98.6 Å². The van der Waals surface area contributed by atoms with Crippen LogP contribution >= 0.6 is 15.9 Å². The van der Waals surface area contributed by atoms with E-state index < -0.39 is 0 Å². The fourth-order valence-electron chi connectivity index (χ4n) is 3.86. The smallest absolute Gasteiger partial charge is 0.292 e. The highest BCUT2D eigenvalue weighted by Gasteiger charge is 2.09. The first-order chi connectivity index (χ1) is 17.0. The Bertz CT molecular complexity index is 1710. The number of rotatable bonds is 2. The van der Waals surface area contributed by atoms with E-state index in [1.807, 2.05) is 48.5 Å². The fourth-order valence-corrected chi connectivity index (χ4v) is 4.22. The third-order valence-electron chi connectivity index (χ3n) is 5.45. The molecule has 6 rings (SSSR count). The first-order valence-corrected chi connectivity index (χ1v) is 11.3. The molecule has 2 heterocycles. The van der Waals surface area contributed by atoms with Crippen LogP contribution in [0.25, 0.3) is 44.1 Å². The van der Waals surface area contributed by atoms with Gasteiger partial charge in [0, 0.05) is 15.6 Å². The molecular formula is C27H18BrN5O2. The lowest BCUT2D eigenvalue weighted by Gasteiger charge is -2.03. The Balaban J connectivity index is 0.000000145. The minimum absolute atomic E-state index is 0.137. The predicted octanol–water partition coefficient (Wildman–Crippen LogP) is 6.79. The Kier molecular flexibility index (Phi) is 5.92. The molecule has 2 aromatic heterocycles. The molecule has 4 aromatic carbocycles. The van der Waals surface area contributed by atoms with E-state index in [0.717, 1.165) is 42.8 Å². The van der Waals surface area contributed by atoms with E-state index in [9.17, 15) is 0 Å². The molecule has 4 N–H and O–H groups in total. The maximum Gasteiger partial charge on any atom is 0.292 e. The Hall–Kier alpha value is -4.61. The normalized spacial score (nSPS) is 10.6. The number of oxazole rings is 2. The lowest BCUT2D eigenvalue weighted by Crippen LogP contribution is -1.85. The average molecular weight is 524 g/mol. The number of fused-ring (bicyclic) bond motifs is 2. The van der Waals surface area contributed by atoms with Gasteiger partial charge in [0.25, 0.3) is 12.0 Å². The molecule has 170 valence electrons. The predicted molar refractivity (Wildman–Crippen MR) is 140 cm³/mol. The molecule has 0 spiro atoms. The zero-order valence-electron chi connectivity index (χ0n) is 18.3. The van der Waals surface area contributed by atoms with Crippen LogP contribution in [0.2, 0.25) is 0 Å². The van der Waals surface area contributed by atoms with Gasteiger partial charge in [-0.25, -0.2) is 0 Å². The van der Waals surface area contributed by atoms with Crippen molar-refractivity contribution in [2.45, 2.75) is 0 Å². The van der Waals surface area contributed by atoms with Crippen LogP contribution in [-0.2, 0) is 0 Å². The monoisotopic (exact) mass is 523 g/mol. The van der Waals surface area contributed by atoms with Gasteiger partial charge >= 0.3 is 0 Å². The number of anilines is 2. The van der Waals surface area contributed by atoms with Crippen LogP contribution in [0, 0.1) is 11.3 Å². The molecule has 7 nitrogen and oxygen atoms in total. The first-order valence-electron chi connectivity index (χ1n) is 10.6. The second kappa shape index (κ2) is 9.33. The molecule has 0 unspecified atom stereocenters. The Labute approximate surface area is 208 Å². The number of halogens is 1. The van der Waals surface area contributed by atoms with Crippen molar-refractivity contribution < 1.29 is 8.83 Å². The SMILES string of the molecule is N#Cc1ccc2cccc(-c3coc(N)n3)c2c1.Nc1nc(-c2cccc3ccc(Br)cc23)co1. The molecule has 35 heavy (non-hydrogen) atoms. The number of aromatic nitrogens is 2. The molecule has 0 saturated carbocycles. The van der Waals surface area contributed by atoms with Crippen molar-refractivity contribution in [2.75, 3.05) is 11.5 Å². The number of nitriles is 1. The molecular weight excluding hydrogens is 506 g/mol. The van der Waals surface area contributed by atoms with Crippen molar-refractivity contribution in [3.63, 3.8) is 0 Å². The van der Waals surface area contributed by atoms with Crippen LogP contribution in [-0.4, -0.2) is 9.97 Å². The average Bonchev–Trinajstić information content (AvgIpc) is 3.51. The van der Waals surface area contributed by atoms with E-state index >= 15 is 0 Å². The maximum absolute atomic E-state index is 8.96. The highest BCUT2D eigenvalue weighted by atomic mass is 79.9. The first kappa shape index (κ1) is 22.2. The summed E-state index contributed by atoms with van der Waals surface area (Å²) in [5.74, 6) is 0. The summed E-state index contributed by atoms with van der Waals surface area (Å²) in [6.45, 7) is 0. The van der Waals surface area contributed by atoms with E-state index in [2.05, 4.69) is 50.2 Å². The second-order valence-corrected chi connectivity index (χ2v) is 8.58. The minimum Gasteiger partial charge on any atom is -0.432 e. The molecule has 8 heteroatoms. The molecule has 0 fully saturated rings. The van der Waals surface area contributed by atoms with Gasteiger partial charge in [-0.1, -0.05) is 64.5 Å². The topological polar surface area (TPSA) is 128 Å². The zero-order chi connectivity index (χ0) is 24.4. The lowest BCUT2D eigenvalue weighted by molar-refractivity contribution is 0.580. The van der Waals surface area contributed by atoms with Gasteiger partial charge in [-0.15, -0.1) is 0 Å². The minimum atomic E-state index is 0.137. The Morgan fingerprint density at radius 3 is 1.77 bits per heavy atom. The van der Waals surface area contributed by atoms with Gasteiger partial charge in [0.1, 0.15) is 23.9 Å². The van der Waals surface area contributed by atoms with E-state index in [4.69, 9.17) is 25.6 Å². The summed E-state index contributed by atoms with van der Waals surface area (Å²) in [6.07, 6.45) is 3.09. The van der Waals surface area contributed by atoms with Gasteiger partial charge in [0.2, 0.25) is 0 Å². The van der Waals surface area contributed by atoms with Crippen molar-refractivity contribution in [1.29, 1.82) is 5.26 Å². The van der Waals surface area contributed by atoms with Crippen LogP contribution in [0.1, 0.15) is 5.56 Å². The van der Waals surface area contributed by atoms with Crippen molar-refractivity contribution in [3.05, 3.63) is 95.4 Å². The summed E-state index contributed by atoms with van der Waals surface area (Å²) in [5.41, 5.74) is 15.0. The number of nitrogens with zero attached hydrogens (tertiary/aromatic N) is 3. The molecule has 0 saturated heterocycles. The summed E-state index contributed by atoms with van der Waals surface area (Å²) in [4.78, 5) is 8.27. The zero-order valence-corrected chi connectivity index (χ0v) is 19.9. The molecule has 0 radical (unpaired) electrons. The number of hydrogen-bond donors (Lipinski definition) is 2. The Morgan fingerprint density at radius 1 is 0.714 bits per heavy atom. The van der Waals surface area contributed by atoms with Crippen LogP contribution in [0.4, 0.5) is 12.0 Å². The molecule has 0 aliphatic rings. The third-order valence-corrected chi connectivity index (χ3v) is 5.94. The van der Waals surface area contributed by atoms with Crippen molar-refractivity contribution in [3.8, 4) is 28.6 Å². The van der Waals surface area contributed by atoms with E-state index in [1.54, 1.807) is 12.3 Å². The molecule has 0 atom stereocenters. The van der Waals surface area contributed by atoms with Crippen molar-refractivity contribution in [2.24, 2.45) is 0 Å². The van der Waals surface area contributed by atoms with Gasteiger partial charge in [-0.2, -0.15) is 15.2 Å². The number of hydrogen-bond acceptors (Lipinski definition) is 7. The van der Waals surface area contributed by atoms with E-state index in [-0.39, 0.29) is 12.0 Å². The number of nitrogens with two attached hydrogens (primary N) is 2. The standard InChI is InChI=1S/C14H9N3O.C13H9BrN2O/c15-7-9-4-5-10-2-1-3-11(12(10)6-9)13-8-18-14(16)17-13;14-9-5-4-8-2-1-3-10(11(8)6-9)12-7-17-13(15)16-12/h1-6,8H,(H2,16,17);1-7H,(H2,15,16). The number of benzene rings is 4. The van der Waals surface area contributed by atoms with Crippen LogP contribution in [0.3, 0.4) is 0 Å². The maximum atomic E-state index is 8.96. The van der Waals surface area contributed by atoms with Gasteiger partial charge < -0.3 is 20.3 Å². The lowest BCUT2D eigenvalue weighted by atomic mass is 10.0. The van der Waals surface area contributed by atoms with Gasteiger partial charge in [-0.05, 0) is 45.8 Å². The molecule has 6 aromatic rings.